The Bertz CT molecular complexity index is 1060. The Kier molecular flexibility index (Phi) is 6.83. The number of amides is 3. The molecule has 1 saturated heterocycles. The van der Waals surface area contributed by atoms with Gasteiger partial charge in [0.25, 0.3) is 5.91 Å². The minimum Gasteiger partial charge on any atom is -0.324 e. The summed E-state index contributed by atoms with van der Waals surface area (Å²) in [6.07, 6.45) is 3.81. The van der Waals surface area contributed by atoms with Gasteiger partial charge in [-0.2, -0.15) is 0 Å². The standard InChI is InChI=1S/C22H23N5O2S2/c1-30-18-11-5-10-17(13-18)24-22(29)27-12-6-7-15(14-27)20-25-26-21(31-20)19(28)23-16-8-3-2-4-9-16/h2-5,8-11,13,15H,6-7,12,14H2,1H3,(H,23,28)(H,24,29)/t15-/m1/s1. The third kappa shape index (κ3) is 5.42. The number of piperidine rings is 1. The lowest BCUT2D eigenvalue weighted by molar-refractivity contribution is 0.102. The van der Waals surface area contributed by atoms with E-state index in [2.05, 4.69) is 20.8 Å². The maximum Gasteiger partial charge on any atom is 0.321 e. The van der Waals surface area contributed by atoms with Crippen LogP contribution in [0.2, 0.25) is 0 Å². The van der Waals surface area contributed by atoms with Crippen molar-refractivity contribution in [3.8, 4) is 0 Å². The molecule has 31 heavy (non-hydrogen) atoms. The van der Waals surface area contributed by atoms with E-state index in [-0.39, 0.29) is 17.9 Å². The summed E-state index contributed by atoms with van der Waals surface area (Å²) in [7, 11) is 0. The first kappa shape index (κ1) is 21.3. The van der Waals surface area contributed by atoms with Crippen LogP contribution in [0.5, 0.6) is 0 Å². The monoisotopic (exact) mass is 453 g/mol. The number of urea groups is 1. The number of likely N-dealkylation sites (tertiary alicyclic amines) is 1. The van der Waals surface area contributed by atoms with E-state index in [1.165, 1.54) is 11.3 Å². The molecule has 1 atom stereocenters. The smallest absolute Gasteiger partial charge is 0.321 e. The van der Waals surface area contributed by atoms with Crippen molar-refractivity contribution in [3.05, 3.63) is 64.6 Å². The van der Waals surface area contributed by atoms with Gasteiger partial charge in [0.15, 0.2) is 0 Å². The number of hydrogen-bond acceptors (Lipinski definition) is 6. The van der Waals surface area contributed by atoms with Crippen molar-refractivity contribution >= 4 is 46.4 Å². The molecule has 0 aliphatic carbocycles. The summed E-state index contributed by atoms with van der Waals surface area (Å²) >= 11 is 2.93. The van der Waals surface area contributed by atoms with Crippen molar-refractivity contribution < 1.29 is 9.59 Å². The van der Waals surface area contributed by atoms with Gasteiger partial charge in [-0.3, -0.25) is 4.79 Å². The molecule has 0 radical (unpaired) electrons. The highest BCUT2D eigenvalue weighted by atomic mass is 32.2. The van der Waals surface area contributed by atoms with E-state index in [1.807, 2.05) is 65.8 Å². The maximum absolute atomic E-state index is 12.8. The summed E-state index contributed by atoms with van der Waals surface area (Å²) in [6, 6.07) is 17.0. The van der Waals surface area contributed by atoms with E-state index in [0.717, 1.165) is 34.1 Å². The summed E-state index contributed by atoms with van der Waals surface area (Å²) in [5, 5.41) is 15.3. The molecule has 2 heterocycles. The number of anilines is 2. The van der Waals surface area contributed by atoms with Crippen LogP contribution in [0.3, 0.4) is 0 Å². The largest absolute Gasteiger partial charge is 0.324 e. The SMILES string of the molecule is CSc1cccc(NC(=O)N2CCC[C@@H](c3nnc(C(=O)Nc4ccccc4)s3)C2)c1. The average molecular weight is 454 g/mol. The van der Waals surface area contributed by atoms with Gasteiger partial charge in [-0.1, -0.05) is 35.6 Å². The molecule has 9 heteroatoms. The predicted octanol–water partition coefficient (Wildman–Crippen LogP) is 4.92. The number of nitrogens with one attached hydrogen (secondary N) is 2. The summed E-state index contributed by atoms with van der Waals surface area (Å²) in [5.74, 6) is -0.193. The molecule has 0 unspecified atom stereocenters. The zero-order chi connectivity index (χ0) is 21.6. The summed E-state index contributed by atoms with van der Waals surface area (Å²) in [6.45, 7) is 1.26. The van der Waals surface area contributed by atoms with Gasteiger partial charge in [-0.25, -0.2) is 4.79 Å². The molecule has 3 aromatic rings. The molecule has 1 aliphatic heterocycles. The van der Waals surface area contributed by atoms with Gasteiger partial charge in [0, 0.05) is 35.3 Å². The number of para-hydroxylation sites is 1. The summed E-state index contributed by atoms with van der Waals surface area (Å²) in [4.78, 5) is 28.1. The van der Waals surface area contributed by atoms with Crippen LogP contribution >= 0.6 is 23.1 Å². The number of hydrogen-bond donors (Lipinski definition) is 2. The molecular weight excluding hydrogens is 430 g/mol. The summed E-state index contributed by atoms with van der Waals surface area (Å²) in [5.41, 5.74) is 1.50. The first-order valence-corrected chi connectivity index (χ1v) is 12.1. The number of aromatic nitrogens is 2. The van der Waals surface area contributed by atoms with Gasteiger partial charge in [0.1, 0.15) is 5.01 Å². The zero-order valence-electron chi connectivity index (χ0n) is 17.1. The van der Waals surface area contributed by atoms with Crippen LogP contribution in [-0.4, -0.2) is 46.4 Å². The highest BCUT2D eigenvalue weighted by Crippen LogP contribution is 2.30. The van der Waals surface area contributed by atoms with Crippen molar-refractivity contribution in [2.45, 2.75) is 23.7 Å². The lowest BCUT2D eigenvalue weighted by Crippen LogP contribution is -2.41. The van der Waals surface area contributed by atoms with E-state index in [0.29, 0.717) is 18.1 Å². The molecular formula is C22H23N5O2S2. The van der Waals surface area contributed by atoms with Crippen LogP contribution < -0.4 is 10.6 Å². The molecule has 7 nitrogen and oxygen atoms in total. The van der Waals surface area contributed by atoms with Crippen molar-refractivity contribution in [1.29, 1.82) is 0 Å². The lowest BCUT2D eigenvalue weighted by Gasteiger charge is -2.31. The van der Waals surface area contributed by atoms with Crippen molar-refractivity contribution in [2.75, 3.05) is 30.0 Å². The van der Waals surface area contributed by atoms with E-state index >= 15 is 0 Å². The molecule has 3 amide bonds. The molecule has 1 aliphatic rings. The van der Waals surface area contributed by atoms with Gasteiger partial charge < -0.3 is 15.5 Å². The molecule has 1 aromatic heterocycles. The highest BCUT2D eigenvalue weighted by Gasteiger charge is 2.28. The van der Waals surface area contributed by atoms with Crippen LogP contribution in [0.25, 0.3) is 0 Å². The Labute approximate surface area is 189 Å². The fourth-order valence-corrected chi connectivity index (χ4v) is 4.79. The minimum atomic E-state index is -0.269. The van der Waals surface area contributed by atoms with E-state index < -0.39 is 0 Å². The molecule has 0 spiro atoms. The Hall–Kier alpha value is -2.91. The molecule has 160 valence electrons. The number of rotatable bonds is 5. The Morgan fingerprint density at radius 3 is 2.68 bits per heavy atom. The molecule has 0 saturated carbocycles. The van der Waals surface area contributed by atoms with Crippen LogP contribution in [-0.2, 0) is 0 Å². The number of carbonyl (C=O) groups is 2. The normalized spacial score (nSPS) is 16.0. The minimum absolute atomic E-state index is 0.0767. The van der Waals surface area contributed by atoms with Crippen molar-refractivity contribution in [1.82, 2.24) is 15.1 Å². The highest BCUT2D eigenvalue weighted by molar-refractivity contribution is 7.98. The van der Waals surface area contributed by atoms with Gasteiger partial charge in [-0.05, 0) is 49.4 Å². The van der Waals surface area contributed by atoms with Crippen molar-refractivity contribution in [3.63, 3.8) is 0 Å². The Morgan fingerprint density at radius 1 is 1.06 bits per heavy atom. The Morgan fingerprint density at radius 2 is 1.87 bits per heavy atom. The number of carbonyl (C=O) groups excluding carboxylic acids is 2. The van der Waals surface area contributed by atoms with Gasteiger partial charge in [0.2, 0.25) is 5.01 Å². The third-order valence-electron chi connectivity index (χ3n) is 5.05. The first-order chi connectivity index (χ1) is 15.1. The number of benzene rings is 2. The quantitative estimate of drug-likeness (QED) is 0.535. The molecule has 0 bridgehead atoms. The second-order valence-electron chi connectivity index (χ2n) is 7.21. The first-order valence-electron chi connectivity index (χ1n) is 10.0. The predicted molar refractivity (Wildman–Crippen MR) is 125 cm³/mol. The number of nitrogens with zero attached hydrogens (tertiary/aromatic N) is 3. The number of thioether (sulfide) groups is 1. The van der Waals surface area contributed by atoms with Crippen LogP contribution in [0.15, 0.2) is 59.5 Å². The van der Waals surface area contributed by atoms with Crippen LogP contribution in [0.4, 0.5) is 16.2 Å². The van der Waals surface area contributed by atoms with Crippen LogP contribution in [0, 0.1) is 0 Å². The van der Waals surface area contributed by atoms with Crippen molar-refractivity contribution in [2.24, 2.45) is 0 Å². The van der Waals surface area contributed by atoms with E-state index in [9.17, 15) is 9.59 Å². The second kappa shape index (κ2) is 9.93. The van der Waals surface area contributed by atoms with E-state index in [1.54, 1.807) is 11.8 Å². The van der Waals surface area contributed by atoms with Gasteiger partial charge in [-0.15, -0.1) is 22.0 Å². The Balaban J connectivity index is 1.38. The molecule has 2 N–H and O–H groups in total. The fourth-order valence-electron chi connectivity index (χ4n) is 3.46. The van der Waals surface area contributed by atoms with E-state index in [4.69, 9.17) is 0 Å². The average Bonchev–Trinajstić information content (AvgIpc) is 3.31. The summed E-state index contributed by atoms with van der Waals surface area (Å²) < 4.78 is 0. The zero-order valence-corrected chi connectivity index (χ0v) is 18.7. The van der Waals surface area contributed by atoms with Gasteiger partial charge >= 0.3 is 6.03 Å². The molecule has 2 aromatic carbocycles. The fraction of sp³-hybridized carbons (Fsp3) is 0.273. The lowest BCUT2D eigenvalue weighted by atomic mass is 9.99. The maximum atomic E-state index is 12.8. The van der Waals surface area contributed by atoms with Crippen LogP contribution in [0.1, 0.15) is 33.6 Å². The second-order valence-corrected chi connectivity index (χ2v) is 9.10. The van der Waals surface area contributed by atoms with Gasteiger partial charge in [0.05, 0.1) is 0 Å². The molecule has 1 fully saturated rings. The third-order valence-corrected chi connectivity index (χ3v) is 6.86. The topological polar surface area (TPSA) is 87.2 Å². The molecule has 4 rings (SSSR count).